The maximum atomic E-state index is 12.5. The number of carbonyl (C=O) groups excluding carboxylic acids is 1. The lowest BCUT2D eigenvalue weighted by Gasteiger charge is -2.05. The van der Waals surface area contributed by atoms with Gasteiger partial charge in [0.05, 0.1) is 23.1 Å². The van der Waals surface area contributed by atoms with E-state index < -0.39 is 5.97 Å². The second-order valence-corrected chi connectivity index (χ2v) is 4.96. The third kappa shape index (κ3) is 2.81. The summed E-state index contributed by atoms with van der Waals surface area (Å²) in [5.74, 6) is -0.368. The molecule has 0 fully saturated rings. The van der Waals surface area contributed by atoms with Crippen LogP contribution in [0.2, 0.25) is 0 Å². The van der Waals surface area contributed by atoms with Gasteiger partial charge in [0.25, 0.3) is 0 Å². The van der Waals surface area contributed by atoms with Crippen LogP contribution in [0.3, 0.4) is 0 Å². The summed E-state index contributed by atoms with van der Waals surface area (Å²) in [7, 11) is 0. The number of ether oxygens (including phenoxy) is 1. The van der Waals surface area contributed by atoms with Gasteiger partial charge in [-0.05, 0) is 36.8 Å². The Morgan fingerprint density at radius 1 is 1.17 bits per heavy atom. The van der Waals surface area contributed by atoms with Crippen molar-refractivity contribution in [2.45, 2.75) is 6.92 Å². The van der Waals surface area contributed by atoms with E-state index in [9.17, 15) is 14.7 Å². The Morgan fingerprint density at radius 3 is 2.61 bits per heavy atom. The molecule has 0 saturated carbocycles. The largest absolute Gasteiger partial charge is 0.508 e. The van der Waals surface area contributed by atoms with E-state index in [1.165, 1.54) is 24.5 Å². The second-order valence-electron chi connectivity index (χ2n) is 4.96. The molecular formula is C18H14O5. The van der Waals surface area contributed by atoms with Gasteiger partial charge < -0.3 is 14.3 Å². The molecule has 116 valence electrons. The van der Waals surface area contributed by atoms with Gasteiger partial charge in [0.2, 0.25) is 0 Å². The molecule has 0 spiro atoms. The maximum absolute atomic E-state index is 12.5. The molecule has 1 N–H and O–H groups in total. The van der Waals surface area contributed by atoms with Crippen LogP contribution in [0.1, 0.15) is 17.3 Å². The predicted octanol–water partition coefficient (Wildman–Crippen LogP) is 3.34. The highest BCUT2D eigenvalue weighted by atomic mass is 16.5. The Kier molecular flexibility index (Phi) is 3.85. The number of phenols is 1. The van der Waals surface area contributed by atoms with E-state index in [1.807, 2.05) is 0 Å². The van der Waals surface area contributed by atoms with Crippen LogP contribution in [0.15, 0.2) is 57.9 Å². The van der Waals surface area contributed by atoms with Crippen LogP contribution in [-0.4, -0.2) is 17.7 Å². The van der Waals surface area contributed by atoms with Crippen molar-refractivity contribution in [2.75, 3.05) is 6.61 Å². The van der Waals surface area contributed by atoms with Crippen molar-refractivity contribution in [3.63, 3.8) is 0 Å². The zero-order valence-electron chi connectivity index (χ0n) is 12.4. The molecule has 0 saturated heterocycles. The van der Waals surface area contributed by atoms with Crippen molar-refractivity contribution in [3.8, 4) is 16.9 Å². The molecule has 0 unspecified atom stereocenters. The lowest BCUT2D eigenvalue weighted by molar-refractivity contribution is 0.0526. The molecule has 3 rings (SSSR count). The van der Waals surface area contributed by atoms with Gasteiger partial charge in [0.1, 0.15) is 17.6 Å². The fraction of sp³-hybridized carbons (Fsp3) is 0.111. The number of benzene rings is 2. The molecule has 5 nitrogen and oxygen atoms in total. The van der Waals surface area contributed by atoms with Gasteiger partial charge >= 0.3 is 5.97 Å². The van der Waals surface area contributed by atoms with E-state index in [1.54, 1.807) is 31.2 Å². The monoisotopic (exact) mass is 310 g/mol. The van der Waals surface area contributed by atoms with Crippen LogP contribution in [0.25, 0.3) is 22.1 Å². The molecule has 1 aromatic heterocycles. The Bertz CT molecular complexity index is 922. The highest BCUT2D eigenvalue weighted by molar-refractivity contribution is 5.90. The number of esters is 1. The van der Waals surface area contributed by atoms with Gasteiger partial charge in [-0.25, -0.2) is 4.79 Å². The zero-order chi connectivity index (χ0) is 16.4. The van der Waals surface area contributed by atoms with E-state index in [4.69, 9.17) is 9.15 Å². The van der Waals surface area contributed by atoms with Gasteiger partial charge in [-0.1, -0.05) is 12.1 Å². The summed E-state index contributed by atoms with van der Waals surface area (Å²) in [6, 6.07) is 10.9. The lowest BCUT2D eigenvalue weighted by Crippen LogP contribution is -2.06. The lowest BCUT2D eigenvalue weighted by atomic mass is 10.0. The second kappa shape index (κ2) is 5.96. The number of aromatic hydroxyl groups is 1. The highest BCUT2D eigenvalue weighted by Gasteiger charge is 2.11. The molecule has 0 aliphatic heterocycles. The average Bonchev–Trinajstić information content (AvgIpc) is 2.55. The summed E-state index contributed by atoms with van der Waals surface area (Å²) in [5.41, 5.74) is 1.57. The van der Waals surface area contributed by atoms with Crippen molar-refractivity contribution in [1.82, 2.24) is 0 Å². The fourth-order valence-corrected chi connectivity index (χ4v) is 2.32. The summed E-state index contributed by atoms with van der Waals surface area (Å²) in [4.78, 5) is 24.2. The van der Waals surface area contributed by atoms with E-state index in [2.05, 4.69) is 0 Å². The SMILES string of the molecule is CCOC(=O)c1ccc(-c2coc3cc(O)ccc3c2=O)cc1. The number of carbonyl (C=O) groups is 1. The number of hydrogen-bond acceptors (Lipinski definition) is 5. The van der Waals surface area contributed by atoms with E-state index in [0.29, 0.717) is 34.3 Å². The first-order valence-electron chi connectivity index (χ1n) is 7.12. The van der Waals surface area contributed by atoms with Crippen molar-refractivity contribution >= 4 is 16.9 Å². The minimum Gasteiger partial charge on any atom is -0.508 e. The normalized spacial score (nSPS) is 10.7. The maximum Gasteiger partial charge on any atom is 0.338 e. The minimum absolute atomic E-state index is 0.0344. The highest BCUT2D eigenvalue weighted by Crippen LogP contribution is 2.22. The first-order chi connectivity index (χ1) is 11.1. The molecule has 0 aliphatic carbocycles. The van der Waals surface area contributed by atoms with E-state index in [0.717, 1.165) is 0 Å². The molecule has 0 bridgehead atoms. The minimum atomic E-state index is -0.403. The van der Waals surface area contributed by atoms with Gasteiger partial charge in [-0.15, -0.1) is 0 Å². The molecular weight excluding hydrogens is 296 g/mol. The van der Waals surface area contributed by atoms with Crippen molar-refractivity contribution < 1.29 is 19.1 Å². The smallest absolute Gasteiger partial charge is 0.338 e. The Hall–Kier alpha value is -3.08. The van der Waals surface area contributed by atoms with Crippen LogP contribution >= 0.6 is 0 Å². The number of hydrogen-bond donors (Lipinski definition) is 1. The van der Waals surface area contributed by atoms with Gasteiger partial charge in [-0.2, -0.15) is 0 Å². The molecule has 3 aromatic rings. The summed E-state index contributed by atoms with van der Waals surface area (Å²) in [6.45, 7) is 2.05. The summed E-state index contributed by atoms with van der Waals surface area (Å²) in [5, 5.41) is 9.81. The number of phenolic OH excluding ortho intramolecular Hbond substituents is 1. The Balaban J connectivity index is 2.03. The molecule has 1 heterocycles. The van der Waals surface area contributed by atoms with Crippen molar-refractivity contribution in [3.05, 3.63) is 64.5 Å². The zero-order valence-corrected chi connectivity index (χ0v) is 12.4. The van der Waals surface area contributed by atoms with Crippen LogP contribution in [0.5, 0.6) is 5.75 Å². The van der Waals surface area contributed by atoms with Gasteiger partial charge in [-0.3, -0.25) is 4.79 Å². The summed E-state index contributed by atoms with van der Waals surface area (Å²) in [6.07, 6.45) is 1.35. The predicted molar refractivity (Wildman–Crippen MR) is 85.5 cm³/mol. The fourth-order valence-electron chi connectivity index (χ4n) is 2.32. The molecule has 23 heavy (non-hydrogen) atoms. The van der Waals surface area contributed by atoms with Crippen LogP contribution in [0.4, 0.5) is 0 Å². The molecule has 2 aromatic carbocycles. The van der Waals surface area contributed by atoms with Crippen LogP contribution in [-0.2, 0) is 4.74 Å². The van der Waals surface area contributed by atoms with Crippen molar-refractivity contribution in [2.24, 2.45) is 0 Å². The standard InChI is InChI=1S/C18H14O5/c1-2-22-18(21)12-5-3-11(4-6-12)15-10-23-16-9-13(19)7-8-14(16)17(15)20/h3-10,19H,2H2,1H3. The first kappa shape index (κ1) is 14.8. The molecule has 0 radical (unpaired) electrons. The molecule has 0 amide bonds. The topological polar surface area (TPSA) is 76.7 Å². The molecule has 5 heteroatoms. The van der Waals surface area contributed by atoms with E-state index >= 15 is 0 Å². The Morgan fingerprint density at radius 2 is 1.91 bits per heavy atom. The van der Waals surface area contributed by atoms with Gasteiger partial charge in [0, 0.05) is 6.07 Å². The van der Waals surface area contributed by atoms with Crippen LogP contribution in [0, 0.1) is 0 Å². The van der Waals surface area contributed by atoms with Gasteiger partial charge in [0.15, 0.2) is 5.43 Å². The third-order valence-electron chi connectivity index (χ3n) is 3.47. The number of fused-ring (bicyclic) bond motifs is 1. The molecule has 0 aliphatic rings. The average molecular weight is 310 g/mol. The van der Waals surface area contributed by atoms with Crippen LogP contribution < -0.4 is 5.43 Å². The Labute approximate surface area is 131 Å². The molecule has 0 atom stereocenters. The first-order valence-corrected chi connectivity index (χ1v) is 7.12. The van der Waals surface area contributed by atoms with Crippen molar-refractivity contribution in [1.29, 1.82) is 0 Å². The quantitative estimate of drug-likeness (QED) is 0.751. The third-order valence-corrected chi connectivity index (χ3v) is 3.47. The summed E-state index contributed by atoms with van der Waals surface area (Å²) < 4.78 is 10.3. The summed E-state index contributed by atoms with van der Waals surface area (Å²) >= 11 is 0. The number of rotatable bonds is 3. The van der Waals surface area contributed by atoms with E-state index in [-0.39, 0.29) is 11.2 Å².